The summed E-state index contributed by atoms with van der Waals surface area (Å²) in [6.07, 6.45) is 7.05. The highest BCUT2D eigenvalue weighted by molar-refractivity contribution is 5.89. The number of nitrogens with one attached hydrogen (secondary N) is 1. The molecule has 0 bridgehead atoms. The van der Waals surface area contributed by atoms with Gasteiger partial charge in [-0.2, -0.15) is 0 Å². The minimum atomic E-state index is -0.182. The van der Waals surface area contributed by atoms with Crippen molar-refractivity contribution < 1.29 is 9.53 Å². The van der Waals surface area contributed by atoms with Crippen LogP contribution in [0.25, 0.3) is 0 Å². The number of hydrogen-bond acceptors (Lipinski definition) is 4. The molecule has 2 aromatic heterocycles. The number of nitrogens with zero attached hydrogens (tertiary/aromatic N) is 3. The van der Waals surface area contributed by atoms with Gasteiger partial charge in [-0.05, 0) is 67.4 Å². The molecule has 3 rings (SSSR count). The SMILES string of the molecule is CC(C)Oc1ccc(NC(=O)N(Cc2ccncc2)Cc2cccnc2)cc1. The summed E-state index contributed by atoms with van der Waals surface area (Å²) in [4.78, 5) is 22.8. The van der Waals surface area contributed by atoms with E-state index in [1.54, 1.807) is 29.7 Å². The molecule has 6 heteroatoms. The molecule has 3 aromatic rings. The van der Waals surface area contributed by atoms with E-state index in [4.69, 9.17) is 4.74 Å². The van der Waals surface area contributed by atoms with E-state index >= 15 is 0 Å². The molecule has 28 heavy (non-hydrogen) atoms. The summed E-state index contributed by atoms with van der Waals surface area (Å²) in [6, 6.07) is 14.8. The maximum atomic E-state index is 12.9. The molecule has 0 fully saturated rings. The zero-order valence-electron chi connectivity index (χ0n) is 16.1. The van der Waals surface area contributed by atoms with Crippen LogP contribution >= 0.6 is 0 Å². The van der Waals surface area contributed by atoms with Gasteiger partial charge in [0.15, 0.2) is 0 Å². The monoisotopic (exact) mass is 376 g/mol. The van der Waals surface area contributed by atoms with Gasteiger partial charge in [0.05, 0.1) is 6.10 Å². The standard InChI is InChI=1S/C22H24N4O2/c1-17(2)28-21-7-5-20(6-8-21)25-22(27)26(15-18-9-12-23-13-10-18)16-19-4-3-11-24-14-19/h3-14,17H,15-16H2,1-2H3,(H,25,27). The summed E-state index contributed by atoms with van der Waals surface area (Å²) in [5.41, 5.74) is 2.69. The Morgan fingerprint density at radius 3 is 2.32 bits per heavy atom. The third-order valence-electron chi connectivity index (χ3n) is 3.98. The zero-order valence-corrected chi connectivity index (χ0v) is 16.1. The van der Waals surface area contributed by atoms with Gasteiger partial charge < -0.3 is 15.0 Å². The summed E-state index contributed by atoms with van der Waals surface area (Å²) in [5.74, 6) is 0.775. The molecular weight excluding hydrogens is 352 g/mol. The fraction of sp³-hybridized carbons (Fsp3) is 0.227. The van der Waals surface area contributed by atoms with E-state index in [1.165, 1.54) is 0 Å². The van der Waals surface area contributed by atoms with Gasteiger partial charge in [-0.15, -0.1) is 0 Å². The number of rotatable bonds is 7. The molecule has 0 spiro atoms. The highest BCUT2D eigenvalue weighted by Gasteiger charge is 2.15. The van der Waals surface area contributed by atoms with Gasteiger partial charge in [0.1, 0.15) is 5.75 Å². The highest BCUT2D eigenvalue weighted by Crippen LogP contribution is 2.18. The van der Waals surface area contributed by atoms with Crippen LogP contribution in [0.4, 0.5) is 10.5 Å². The summed E-state index contributed by atoms with van der Waals surface area (Å²) in [6.45, 7) is 4.88. The lowest BCUT2D eigenvalue weighted by atomic mass is 10.2. The highest BCUT2D eigenvalue weighted by atomic mass is 16.5. The number of aromatic nitrogens is 2. The first-order valence-corrected chi connectivity index (χ1v) is 9.20. The first-order valence-electron chi connectivity index (χ1n) is 9.20. The molecule has 2 amide bonds. The van der Waals surface area contributed by atoms with E-state index in [-0.39, 0.29) is 12.1 Å². The van der Waals surface area contributed by atoms with Crippen LogP contribution in [0, 0.1) is 0 Å². The second kappa shape index (κ2) is 9.50. The van der Waals surface area contributed by atoms with Crippen LogP contribution in [0.5, 0.6) is 5.75 Å². The minimum Gasteiger partial charge on any atom is -0.491 e. The lowest BCUT2D eigenvalue weighted by Gasteiger charge is -2.23. The predicted octanol–water partition coefficient (Wildman–Crippen LogP) is 4.50. The Hall–Kier alpha value is -3.41. The maximum absolute atomic E-state index is 12.9. The van der Waals surface area contributed by atoms with Crippen LogP contribution in [0.1, 0.15) is 25.0 Å². The lowest BCUT2D eigenvalue weighted by molar-refractivity contribution is 0.206. The Kier molecular flexibility index (Phi) is 6.57. The van der Waals surface area contributed by atoms with Crippen molar-refractivity contribution >= 4 is 11.7 Å². The van der Waals surface area contributed by atoms with Gasteiger partial charge >= 0.3 is 6.03 Å². The molecule has 0 aliphatic heterocycles. The van der Waals surface area contributed by atoms with Crippen molar-refractivity contribution in [1.82, 2.24) is 14.9 Å². The first-order chi connectivity index (χ1) is 13.6. The third kappa shape index (κ3) is 5.81. The lowest BCUT2D eigenvalue weighted by Crippen LogP contribution is -2.34. The third-order valence-corrected chi connectivity index (χ3v) is 3.98. The number of pyridine rings is 2. The van der Waals surface area contributed by atoms with Crippen LogP contribution in [-0.4, -0.2) is 27.0 Å². The molecule has 6 nitrogen and oxygen atoms in total. The summed E-state index contributed by atoms with van der Waals surface area (Å²) >= 11 is 0. The maximum Gasteiger partial charge on any atom is 0.322 e. The molecule has 144 valence electrons. The predicted molar refractivity (Wildman–Crippen MR) is 109 cm³/mol. The molecule has 0 radical (unpaired) electrons. The van der Waals surface area contributed by atoms with E-state index in [0.29, 0.717) is 18.8 Å². The van der Waals surface area contributed by atoms with Crippen molar-refractivity contribution in [3.63, 3.8) is 0 Å². The van der Waals surface area contributed by atoms with Crippen molar-refractivity contribution in [2.24, 2.45) is 0 Å². The second-order valence-electron chi connectivity index (χ2n) is 6.69. The van der Waals surface area contributed by atoms with Gasteiger partial charge in [0, 0.05) is 43.6 Å². The molecule has 0 aliphatic rings. The fourth-order valence-corrected chi connectivity index (χ4v) is 2.71. The summed E-state index contributed by atoms with van der Waals surface area (Å²) < 4.78 is 5.64. The van der Waals surface area contributed by atoms with E-state index in [1.807, 2.05) is 62.4 Å². The number of carbonyl (C=O) groups is 1. The molecule has 0 aliphatic carbocycles. The molecule has 0 saturated carbocycles. The van der Waals surface area contributed by atoms with Crippen molar-refractivity contribution in [2.45, 2.75) is 33.0 Å². The number of anilines is 1. The van der Waals surface area contributed by atoms with Gasteiger partial charge in [-0.25, -0.2) is 4.79 Å². The van der Waals surface area contributed by atoms with Gasteiger partial charge in [0.25, 0.3) is 0 Å². The van der Waals surface area contributed by atoms with Crippen molar-refractivity contribution in [3.05, 3.63) is 84.4 Å². The molecule has 1 aromatic carbocycles. The van der Waals surface area contributed by atoms with E-state index in [0.717, 1.165) is 16.9 Å². The molecular formula is C22H24N4O2. The fourth-order valence-electron chi connectivity index (χ4n) is 2.71. The Morgan fingerprint density at radius 1 is 0.964 bits per heavy atom. The van der Waals surface area contributed by atoms with Crippen molar-refractivity contribution in [2.75, 3.05) is 5.32 Å². The quantitative estimate of drug-likeness (QED) is 0.659. The van der Waals surface area contributed by atoms with Crippen LogP contribution in [-0.2, 0) is 13.1 Å². The Morgan fingerprint density at radius 2 is 1.68 bits per heavy atom. The van der Waals surface area contributed by atoms with Crippen LogP contribution in [0.2, 0.25) is 0 Å². The Labute approximate surface area is 165 Å². The van der Waals surface area contributed by atoms with Crippen LogP contribution in [0.15, 0.2) is 73.3 Å². The van der Waals surface area contributed by atoms with Crippen molar-refractivity contribution in [1.29, 1.82) is 0 Å². The smallest absolute Gasteiger partial charge is 0.322 e. The number of benzene rings is 1. The number of amides is 2. The molecule has 0 saturated heterocycles. The normalized spacial score (nSPS) is 10.5. The summed E-state index contributed by atoms with van der Waals surface area (Å²) in [5, 5.41) is 2.96. The van der Waals surface area contributed by atoms with E-state index in [9.17, 15) is 4.79 Å². The molecule has 0 atom stereocenters. The average molecular weight is 376 g/mol. The summed E-state index contributed by atoms with van der Waals surface area (Å²) in [7, 11) is 0. The Balaban J connectivity index is 1.72. The number of hydrogen-bond donors (Lipinski definition) is 1. The van der Waals surface area contributed by atoms with E-state index < -0.39 is 0 Å². The molecule has 2 heterocycles. The molecule has 0 unspecified atom stereocenters. The van der Waals surface area contributed by atoms with Crippen LogP contribution < -0.4 is 10.1 Å². The average Bonchev–Trinajstić information content (AvgIpc) is 2.70. The number of urea groups is 1. The zero-order chi connectivity index (χ0) is 19.8. The largest absolute Gasteiger partial charge is 0.491 e. The van der Waals surface area contributed by atoms with Gasteiger partial charge in [-0.3, -0.25) is 9.97 Å². The van der Waals surface area contributed by atoms with Crippen molar-refractivity contribution in [3.8, 4) is 5.75 Å². The second-order valence-corrected chi connectivity index (χ2v) is 6.69. The number of carbonyl (C=O) groups excluding carboxylic acids is 1. The topological polar surface area (TPSA) is 67.3 Å². The Bertz CT molecular complexity index is 827. The number of ether oxygens (including phenoxy) is 1. The first kappa shape index (κ1) is 19.4. The molecule has 1 N–H and O–H groups in total. The minimum absolute atomic E-state index is 0.107. The van der Waals surface area contributed by atoms with Gasteiger partial charge in [0.2, 0.25) is 0 Å². The van der Waals surface area contributed by atoms with Crippen LogP contribution in [0.3, 0.4) is 0 Å². The van der Waals surface area contributed by atoms with Gasteiger partial charge in [-0.1, -0.05) is 6.07 Å². The van der Waals surface area contributed by atoms with E-state index in [2.05, 4.69) is 15.3 Å².